The highest BCUT2D eigenvalue weighted by Crippen LogP contribution is 2.34. The van der Waals surface area contributed by atoms with Gasteiger partial charge >= 0.3 is 0 Å². The first-order valence-corrected chi connectivity index (χ1v) is 10.8. The molecule has 6 rings (SSSR count). The van der Waals surface area contributed by atoms with E-state index < -0.39 is 0 Å². The summed E-state index contributed by atoms with van der Waals surface area (Å²) < 4.78 is 0. The van der Waals surface area contributed by atoms with Gasteiger partial charge in [-0.1, -0.05) is 57.2 Å². The summed E-state index contributed by atoms with van der Waals surface area (Å²) in [7, 11) is 0. The smallest absolute Gasteiger partial charge is 0.0996 e. The lowest BCUT2D eigenvalue weighted by Crippen LogP contribution is -2.10. The SMILES string of the molecule is CC(C)(C)c1ccc(-c2ccc3c(n2)c2ncccc2c2nc4ccccc4nc32)cc1. The van der Waals surface area contributed by atoms with E-state index in [0.717, 1.165) is 55.1 Å². The minimum Gasteiger partial charge on any atom is -0.254 e. The van der Waals surface area contributed by atoms with Gasteiger partial charge < -0.3 is 0 Å². The number of nitrogens with zero attached hydrogens (tertiary/aromatic N) is 4. The van der Waals surface area contributed by atoms with Gasteiger partial charge in [0.25, 0.3) is 0 Å². The highest BCUT2D eigenvalue weighted by molar-refractivity contribution is 6.21. The Morgan fingerprint density at radius 3 is 1.84 bits per heavy atom. The van der Waals surface area contributed by atoms with Crippen LogP contribution in [0.2, 0.25) is 0 Å². The van der Waals surface area contributed by atoms with Crippen LogP contribution in [0.5, 0.6) is 0 Å². The molecule has 4 nitrogen and oxygen atoms in total. The average Bonchev–Trinajstić information content (AvgIpc) is 2.82. The third kappa shape index (κ3) is 2.91. The molecule has 6 aromatic rings. The summed E-state index contributed by atoms with van der Waals surface area (Å²) in [6.07, 6.45) is 1.81. The monoisotopic (exact) mass is 414 g/mol. The summed E-state index contributed by atoms with van der Waals surface area (Å²) >= 11 is 0. The Hall–Kier alpha value is -3.92. The van der Waals surface area contributed by atoms with Crippen molar-refractivity contribution in [2.24, 2.45) is 0 Å². The Kier molecular flexibility index (Phi) is 3.99. The Morgan fingerprint density at radius 1 is 0.562 bits per heavy atom. The molecule has 0 N–H and O–H groups in total. The van der Waals surface area contributed by atoms with Gasteiger partial charge in [0.2, 0.25) is 0 Å². The molecule has 3 heterocycles. The fourth-order valence-electron chi connectivity index (χ4n) is 4.29. The Morgan fingerprint density at radius 2 is 1.19 bits per heavy atom. The first-order valence-electron chi connectivity index (χ1n) is 10.8. The number of aromatic nitrogens is 4. The van der Waals surface area contributed by atoms with Crippen LogP contribution in [-0.2, 0) is 5.41 Å². The number of benzene rings is 3. The molecule has 0 aliphatic carbocycles. The lowest BCUT2D eigenvalue weighted by atomic mass is 9.86. The fourth-order valence-corrected chi connectivity index (χ4v) is 4.29. The van der Waals surface area contributed by atoms with Gasteiger partial charge in [0.05, 0.1) is 38.8 Å². The number of hydrogen-bond donors (Lipinski definition) is 0. The maximum Gasteiger partial charge on any atom is 0.0996 e. The summed E-state index contributed by atoms with van der Waals surface area (Å²) in [5.74, 6) is 0. The molecule has 3 aromatic carbocycles. The van der Waals surface area contributed by atoms with Crippen LogP contribution in [-0.4, -0.2) is 19.9 Å². The molecule has 32 heavy (non-hydrogen) atoms. The zero-order valence-corrected chi connectivity index (χ0v) is 18.3. The van der Waals surface area contributed by atoms with Crippen LogP contribution < -0.4 is 0 Å². The quantitative estimate of drug-likeness (QED) is 0.218. The summed E-state index contributed by atoms with van der Waals surface area (Å²) in [4.78, 5) is 19.7. The van der Waals surface area contributed by atoms with Gasteiger partial charge in [0.15, 0.2) is 0 Å². The van der Waals surface area contributed by atoms with E-state index in [-0.39, 0.29) is 5.41 Å². The Labute approximate surface area is 186 Å². The highest BCUT2D eigenvalue weighted by atomic mass is 14.8. The molecule has 0 fully saturated rings. The summed E-state index contributed by atoms with van der Waals surface area (Å²) in [5, 5.41) is 1.94. The third-order valence-electron chi connectivity index (χ3n) is 6.05. The average molecular weight is 415 g/mol. The topological polar surface area (TPSA) is 51.6 Å². The maximum atomic E-state index is 5.07. The molecule has 3 aromatic heterocycles. The molecule has 0 radical (unpaired) electrons. The second kappa shape index (κ2) is 6.79. The molecule has 0 aliphatic rings. The van der Waals surface area contributed by atoms with Crippen molar-refractivity contribution in [1.82, 2.24) is 19.9 Å². The molecule has 0 amide bonds. The molecule has 0 atom stereocenters. The van der Waals surface area contributed by atoms with Crippen LogP contribution in [0, 0.1) is 0 Å². The number of hydrogen-bond acceptors (Lipinski definition) is 4. The molecule has 4 heteroatoms. The number of fused-ring (bicyclic) bond motifs is 7. The Balaban J connectivity index is 1.65. The highest BCUT2D eigenvalue weighted by Gasteiger charge is 2.16. The zero-order chi connectivity index (χ0) is 21.9. The van der Waals surface area contributed by atoms with Crippen LogP contribution >= 0.6 is 0 Å². The van der Waals surface area contributed by atoms with E-state index >= 15 is 0 Å². The predicted molar refractivity (Wildman–Crippen MR) is 132 cm³/mol. The van der Waals surface area contributed by atoms with Crippen molar-refractivity contribution >= 4 is 43.9 Å². The van der Waals surface area contributed by atoms with Gasteiger partial charge in [-0.15, -0.1) is 0 Å². The third-order valence-corrected chi connectivity index (χ3v) is 6.05. The predicted octanol–water partition coefficient (Wildman–Crippen LogP) is 6.84. The second-order valence-electron chi connectivity index (χ2n) is 9.23. The van der Waals surface area contributed by atoms with Gasteiger partial charge in [0.1, 0.15) is 0 Å². The van der Waals surface area contributed by atoms with Crippen LogP contribution in [0.3, 0.4) is 0 Å². The van der Waals surface area contributed by atoms with E-state index in [9.17, 15) is 0 Å². The summed E-state index contributed by atoms with van der Waals surface area (Å²) in [6.45, 7) is 6.68. The number of pyridine rings is 2. The van der Waals surface area contributed by atoms with Gasteiger partial charge in [-0.25, -0.2) is 15.0 Å². The van der Waals surface area contributed by atoms with E-state index in [1.165, 1.54) is 5.56 Å². The molecular formula is C28H22N4. The van der Waals surface area contributed by atoms with Crippen LogP contribution in [0.4, 0.5) is 0 Å². The van der Waals surface area contributed by atoms with Crippen molar-refractivity contribution in [3.05, 3.63) is 84.6 Å². The van der Waals surface area contributed by atoms with Crippen molar-refractivity contribution in [2.75, 3.05) is 0 Å². The largest absolute Gasteiger partial charge is 0.254 e. The van der Waals surface area contributed by atoms with Gasteiger partial charge in [-0.05, 0) is 47.4 Å². The minimum absolute atomic E-state index is 0.121. The lowest BCUT2D eigenvalue weighted by molar-refractivity contribution is 0.590. The standard InChI is InChI=1S/C28H22N4/c1-28(2,3)18-12-10-17(11-13-18)21-15-14-20-25(30-21)24-19(7-6-16-29-24)26-27(20)32-23-9-5-4-8-22(23)31-26/h4-16H,1-3H3. The van der Waals surface area contributed by atoms with Gasteiger partial charge in [0, 0.05) is 22.5 Å². The summed E-state index contributed by atoms with van der Waals surface area (Å²) in [5.41, 5.74) is 8.65. The Bertz CT molecular complexity index is 1640. The second-order valence-corrected chi connectivity index (χ2v) is 9.23. The van der Waals surface area contributed by atoms with E-state index in [1.807, 2.05) is 36.5 Å². The molecule has 154 valence electrons. The van der Waals surface area contributed by atoms with E-state index in [2.05, 4.69) is 63.2 Å². The molecule has 0 saturated carbocycles. The molecular weight excluding hydrogens is 392 g/mol. The summed E-state index contributed by atoms with van der Waals surface area (Å²) in [6, 6.07) is 24.8. The van der Waals surface area contributed by atoms with Crippen molar-refractivity contribution < 1.29 is 0 Å². The van der Waals surface area contributed by atoms with E-state index in [0.29, 0.717) is 0 Å². The number of rotatable bonds is 1. The van der Waals surface area contributed by atoms with E-state index in [1.54, 1.807) is 0 Å². The molecule has 0 bridgehead atoms. The normalized spacial score (nSPS) is 12.2. The van der Waals surface area contributed by atoms with Crippen LogP contribution in [0.15, 0.2) is 79.0 Å². The molecule has 0 aliphatic heterocycles. The molecule has 0 unspecified atom stereocenters. The van der Waals surface area contributed by atoms with Gasteiger partial charge in [-0.3, -0.25) is 4.98 Å². The molecule has 0 saturated heterocycles. The zero-order valence-electron chi connectivity index (χ0n) is 18.3. The van der Waals surface area contributed by atoms with Crippen molar-refractivity contribution in [2.45, 2.75) is 26.2 Å². The fraction of sp³-hybridized carbons (Fsp3) is 0.143. The van der Waals surface area contributed by atoms with Crippen molar-refractivity contribution in [3.63, 3.8) is 0 Å². The lowest BCUT2D eigenvalue weighted by Gasteiger charge is -2.19. The van der Waals surface area contributed by atoms with Gasteiger partial charge in [-0.2, -0.15) is 0 Å². The first kappa shape index (κ1) is 18.8. The number of para-hydroxylation sites is 2. The van der Waals surface area contributed by atoms with Crippen molar-refractivity contribution in [3.8, 4) is 11.3 Å². The van der Waals surface area contributed by atoms with Crippen molar-refractivity contribution in [1.29, 1.82) is 0 Å². The van der Waals surface area contributed by atoms with Crippen LogP contribution in [0.1, 0.15) is 26.3 Å². The first-order chi connectivity index (χ1) is 15.5. The minimum atomic E-state index is 0.121. The van der Waals surface area contributed by atoms with Crippen LogP contribution in [0.25, 0.3) is 55.1 Å². The maximum absolute atomic E-state index is 5.07. The molecule has 0 spiro atoms. The van der Waals surface area contributed by atoms with E-state index in [4.69, 9.17) is 19.9 Å².